The number of nitrogen functional groups attached to an aromatic ring is 1. The summed E-state index contributed by atoms with van der Waals surface area (Å²) in [5.41, 5.74) is 6.27. The Kier molecular flexibility index (Phi) is 3.77. The molecule has 0 aliphatic carbocycles. The number of rotatable bonds is 2. The van der Waals surface area contributed by atoms with Gasteiger partial charge in [0.2, 0.25) is 0 Å². The molecule has 1 aromatic rings. The zero-order valence-corrected chi connectivity index (χ0v) is 11.5. The van der Waals surface area contributed by atoms with E-state index in [0.717, 1.165) is 9.37 Å². The largest absolute Gasteiger partial charge is 0.480 e. The number of carboxylic acid groups (broad SMARTS) is 1. The van der Waals surface area contributed by atoms with Crippen molar-refractivity contribution < 1.29 is 19.8 Å². The molecular formula is C12H13BrN2O4. The lowest BCUT2D eigenvalue weighted by atomic mass is 10.1. The third kappa shape index (κ3) is 2.71. The molecular weight excluding hydrogens is 316 g/mol. The van der Waals surface area contributed by atoms with Crippen molar-refractivity contribution in [1.29, 1.82) is 0 Å². The normalized spacial score (nSPS) is 22.5. The first kappa shape index (κ1) is 13.8. The van der Waals surface area contributed by atoms with Crippen LogP contribution in [0.2, 0.25) is 0 Å². The fraction of sp³-hybridized carbons (Fsp3) is 0.333. The molecule has 1 fully saturated rings. The van der Waals surface area contributed by atoms with E-state index in [0.29, 0.717) is 0 Å². The molecule has 1 saturated heterocycles. The number of hydrogen-bond donors (Lipinski definition) is 3. The average molecular weight is 329 g/mol. The van der Waals surface area contributed by atoms with Crippen molar-refractivity contribution in [2.45, 2.75) is 18.6 Å². The highest BCUT2D eigenvalue weighted by atomic mass is 79.9. The SMILES string of the molecule is Nc1cc(Br)ccc1C(=O)N1C[C@H](O)C[C@@H]1C(=O)O. The lowest BCUT2D eigenvalue weighted by Gasteiger charge is -2.21. The van der Waals surface area contributed by atoms with Crippen molar-refractivity contribution in [3.05, 3.63) is 28.2 Å². The number of carbonyl (C=O) groups excluding carboxylic acids is 1. The Labute approximate surface area is 117 Å². The Morgan fingerprint density at radius 1 is 1.42 bits per heavy atom. The van der Waals surface area contributed by atoms with Crippen molar-refractivity contribution in [2.24, 2.45) is 0 Å². The number of halogens is 1. The van der Waals surface area contributed by atoms with Gasteiger partial charge in [0.15, 0.2) is 0 Å². The van der Waals surface area contributed by atoms with Crippen molar-refractivity contribution in [3.8, 4) is 0 Å². The number of carboxylic acids is 1. The molecule has 19 heavy (non-hydrogen) atoms. The molecule has 6 nitrogen and oxygen atoms in total. The van der Waals surface area contributed by atoms with Gasteiger partial charge in [0.25, 0.3) is 5.91 Å². The first-order valence-electron chi connectivity index (χ1n) is 5.67. The Hall–Kier alpha value is -1.60. The van der Waals surface area contributed by atoms with Crippen LogP contribution in [0.4, 0.5) is 5.69 Å². The molecule has 1 aliphatic rings. The number of anilines is 1. The summed E-state index contributed by atoms with van der Waals surface area (Å²) in [4.78, 5) is 24.5. The van der Waals surface area contributed by atoms with Crippen LogP contribution in [0.15, 0.2) is 22.7 Å². The zero-order valence-electron chi connectivity index (χ0n) is 9.91. The number of nitrogens with zero attached hydrogens (tertiary/aromatic N) is 1. The van der Waals surface area contributed by atoms with E-state index in [1.807, 2.05) is 0 Å². The van der Waals surface area contributed by atoms with Crippen LogP contribution < -0.4 is 5.73 Å². The molecule has 4 N–H and O–H groups in total. The number of β-amino-alcohol motifs (C(OH)–C–C–N with tert-alkyl or cyclic N) is 1. The lowest BCUT2D eigenvalue weighted by molar-refractivity contribution is -0.141. The molecule has 0 aromatic heterocycles. The fourth-order valence-corrected chi connectivity index (χ4v) is 2.53. The van der Waals surface area contributed by atoms with Gasteiger partial charge >= 0.3 is 5.97 Å². The van der Waals surface area contributed by atoms with Crippen LogP contribution in [0.5, 0.6) is 0 Å². The van der Waals surface area contributed by atoms with Crippen LogP contribution in [0, 0.1) is 0 Å². The summed E-state index contributed by atoms with van der Waals surface area (Å²) in [6.45, 7) is 0.00526. The Balaban J connectivity index is 2.30. The molecule has 0 unspecified atom stereocenters. The van der Waals surface area contributed by atoms with E-state index in [1.54, 1.807) is 12.1 Å². The van der Waals surface area contributed by atoms with Gasteiger partial charge < -0.3 is 20.8 Å². The number of nitrogens with two attached hydrogens (primary N) is 1. The third-order valence-corrected chi connectivity index (χ3v) is 3.56. The van der Waals surface area contributed by atoms with E-state index in [9.17, 15) is 14.7 Å². The van der Waals surface area contributed by atoms with Crippen molar-refractivity contribution in [3.63, 3.8) is 0 Å². The average Bonchev–Trinajstić information content (AvgIpc) is 2.70. The molecule has 0 spiro atoms. The van der Waals surface area contributed by atoms with E-state index in [1.165, 1.54) is 6.07 Å². The minimum absolute atomic E-state index is 0.00526. The molecule has 2 atom stereocenters. The van der Waals surface area contributed by atoms with Crippen molar-refractivity contribution in [1.82, 2.24) is 4.90 Å². The molecule has 1 heterocycles. The second-order valence-corrected chi connectivity index (χ2v) is 5.35. The van der Waals surface area contributed by atoms with E-state index < -0.39 is 24.0 Å². The van der Waals surface area contributed by atoms with Gasteiger partial charge in [0, 0.05) is 23.1 Å². The first-order valence-corrected chi connectivity index (χ1v) is 6.46. The fourth-order valence-electron chi connectivity index (χ4n) is 2.16. The second-order valence-electron chi connectivity index (χ2n) is 4.43. The summed E-state index contributed by atoms with van der Waals surface area (Å²) in [7, 11) is 0. The summed E-state index contributed by atoms with van der Waals surface area (Å²) < 4.78 is 0.734. The maximum atomic E-state index is 12.3. The second kappa shape index (κ2) is 5.18. The number of aliphatic hydroxyl groups is 1. The summed E-state index contributed by atoms with van der Waals surface area (Å²) >= 11 is 3.23. The molecule has 1 aliphatic heterocycles. The molecule has 0 saturated carbocycles. The van der Waals surface area contributed by atoms with Gasteiger partial charge in [-0.2, -0.15) is 0 Å². The minimum Gasteiger partial charge on any atom is -0.480 e. The zero-order chi connectivity index (χ0) is 14.2. The van der Waals surface area contributed by atoms with Crippen LogP contribution in [-0.4, -0.2) is 45.7 Å². The van der Waals surface area contributed by atoms with Gasteiger partial charge in [-0.15, -0.1) is 0 Å². The molecule has 0 radical (unpaired) electrons. The Morgan fingerprint density at radius 3 is 2.68 bits per heavy atom. The lowest BCUT2D eigenvalue weighted by Crippen LogP contribution is -2.40. The molecule has 7 heteroatoms. The summed E-state index contributed by atoms with van der Waals surface area (Å²) in [6.07, 6.45) is -0.779. The number of amides is 1. The highest BCUT2D eigenvalue weighted by Gasteiger charge is 2.39. The molecule has 2 rings (SSSR count). The predicted molar refractivity (Wildman–Crippen MR) is 71.6 cm³/mol. The minimum atomic E-state index is -1.12. The topological polar surface area (TPSA) is 104 Å². The first-order chi connectivity index (χ1) is 8.90. The number of likely N-dealkylation sites (tertiary alicyclic amines) is 1. The maximum absolute atomic E-state index is 12.3. The van der Waals surface area contributed by atoms with Crippen LogP contribution in [0.3, 0.4) is 0 Å². The van der Waals surface area contributed by atoms with Crippen LogP contribution in [0.1, 0.15) is 16.8 Å². The summed E-state index contributed by atoms with van der Waals surface area (Å²) in [5, 5.41) is 18.6. The number of aliphatic carboxylic acids is 1. The van der Waals surface area contributed by atoms with Crippen LogP contribution in [0.25, 0.3) is 0 Å². The Bertz CT molecular complexity index is 534. The van der Waals surface area contributed by atoms with E-state index in [2.05, 4.69) is 15.9 Å². The molecule has 0 bridgehead atoms. The number of benzene rings is 1. The number of carbonyl (C=O) groups is 2. The van der Waals surface area contributed by atoms with Gasteiger partial charge in [-0.1, -0.05) is 15.9 Å². The monoisotopic (exact) mass is 328 g/mol. The third-order valence-electron chi connectivity index (χ3n) is 3.07. The predicted octanol–water partition coefficient (Wildman–Crippen LogP) is 0.691. The summed E-state index contributed by atoms with van der Waals surface area (Å²) in [5.74, 6) is -1.60. The molecule has 102 valence electrons. The van der Waals surface area contributed by atoms with Crippen molar-refractivity contribution in [2.75, 3.05) is 12.3 Å². The molecule has 1 amide bonds. The summed E-state index contributed by atoms with van der Waals surface area (Å²) in [6, 6.07) is 3.76. The van der Waals surface area contributed by atoms with Crippen LogP contribution in [-0.2, 0) is 4.79 Å². The van der Waals surface area contributed by atoms with Crippen LogP contribution >= 0.6 is 15.9 Å². The highest BCUT2D eigenvalue weighted by molar-refractivity contribution is 9.10. The highest BCUT2D eigenvalue weighted by Crippen LogP contribution is 2.25. The van der Waals surface area contributed by atoms with Gasteiger partial charge in [0.05, 0.1) is 11.7 Å². The Morgan fingerprint density at radius 2 is 2.11 bits per heavy atom. The number of aliphatic hydroxyl groups excluding tert-OH is 1. The standard InChI is InChI=1S/C12H13BrN2O4/c13-6-1-2-8(9(14)3-6)11(17)15-5-7(16)4-10(15)12(18)19/h1-3,7,10,16H,4-5,14H2,(H,18,19)/t7-,10-/m1/s1. The number of hydrogen-bond acceptors (Lipinski definition) is 4. The van der Waals surface area contributed by atoms with Gasteiger partial charge in [-0.25, -0.2) is 4.79 Å². The quantitative estimate of drug-likeness (QED) is 0.693. The molecule has 1 aromatic carbocycles. The smallest absolute Gasteiger partial charge is 0.326 e. The maximum Gasteiger partial charge on any atom is 0.326 e. The van der Waals surface area contributed by atoms with Gasteiger partial charge in [0.1, 0.15) is 6.04 Å². The van der Waals surface area contributed by atoms with Crippen molar-refractivity contribution >= 4 is 33.5 Å². The van der Waals surface area contributed by atoms with Gasteiger partial charge in [-0.05, 0) is 18.2 Å². The van der Waals surface area contributed by atoms with E-state index in [-0.39, 0.29) is 24.2 Å². The van der Waals surface area contributed by atoms with E-state index >= 15 is 0 Å². The van der Waals surface area contributed by atoms with Gasteiger partial charge in [-0.3, -0.25) is 4.79 Å². The van der Waals surface area contributed by atoms with E-state index in [4.69, 9.17) is 10.8 Å².